The summed E-state index contributed by atoms with van der Waals surface area (Å²) < 4.78 is 5.46. The highest BCUT2D eigenvalue weighted by atomic mass is 35.5. The molecule has 1 saturated heterocycles. The lowest BCUT2D eigenvalue weighted by Crippen LogP contribution is -2.37. The first-order valence-electron chi connectivity index (χ1n) is 11.1. The minimum Gasteiger partial charge on any atom is -0.378 e. The van der Waals surface area contributed by atoms with Crippen LogP contribution in [0.5, 0.6) is 0 Å². The molecule has 4 rings (SSSR count). The van der Waals surface area contributed by atoms with Crippen LogP contribution in [0, 0.1) is 0 Å². The molecule has 0 aliphatic carbocycles. The minimum absolute atomic E-state index is 0. The molecule has 35 heavy (non-hydrogen) atoms. The van der Waals surface area contributed by atoms with Crippen LogP contribution in [0.15, 0.2) is 59.7 Å². The van der Waals surface area contributed by atoms with Crippen molar-refractivity contribution in [3.8, 4) is 0 Å². The molecule has 0 saturated carbocycles. The zero-order valence-electron chi connectivity index (χ0n) is 19.7. The van der Waals surface area contributed by atoms with Crippen molar-refractivity contribution in [3.63, 3.8) is 0 Å². The lowest BCUT2D eigenvalue weighted by atomic mass is 10.1. The number of morpholine rings is 1. The van der Waals surface area contributed by atoms with E-state index in [0.29, 0.717) is 50.7 Å². The molecule has 1 aliphatic rings. The van der Waals surface area contributed by atoms with Crippen LogP contribution in [0.3, 0.4) is 0 Å². The molecule has 11 heteroatoms. The first kappa shape index (κ1) is 25.9. The number of ether oxygens (including phenoxy) is 1. The smallest absolute Gasteiger partial charge is 0.250 e. The van der Waals surface area contributed by atoms with Gasteiger partial charge in [-0.2, -0.15) is 20.1 Å². The lowest BCUT2D eigenvalue weighted by molar-refractivity contribution is -0.114. The number of nitrogens with zero attached hydrogens (tertiary/aromatic N) is 5. The molecule has 0 atom stereocenters. The summed E-state index contributed by atoms with van der Waals surface area (Å²) >= 11 is 0. The van der Waals surface area contributed by atoms with E-state index in [1.165, 1.54) is 6.92 Å². The second-order valence-corrected chi connectivity index (χ2v) is 7.79. The van der Waals surface area contributed by atoms with Crippen molar-refractivity contribution in [1.82, 2.24) is 15.0 Å². The topological polar surface area (TPSA) is 117 Å². The second kappa shape index (κ2) is 12.6. The molecule has 1 aromatic heterocycles. The Morgan fingerprint density at radius 1 is 0.971 bits per heavy atom. The van der Waals surface area contributed by atoms with Gasteiger partial charge in [0.05, 0.1) is 18.9 Å². The number of aromatic nitrogens is 3. The summed E-state index contributed by atoms with van der Waals surface area (Å²) in [5, 5.41) is 10.5. The van der Waals surface area contributed by atoms with Gasteiger partial charge in [-0.25, -0.2) is 5.43 Å². The van der Waals surface area contributed by atoms with Crippen molar-refractivity contribution in [2.24, 2.45) is 5.10 Å². The number of rotatable bonds is 8. The van der Waals surface area contributed by atoms with Gasteiger partial charge >= 0.3 is 0 Å². The van der Waals surface area contributed by atoms with Crippen molar-refractivity contribution in [3.05, 3.63) is 65.7 Å². The third kappa shape index (κ3) is 7.62. The summed E-state index contributed by atoms with van der Waals surface area (Å²) in [6, 6.07) is 17.5. The molecular formula is C24H29ClN8O2. The molecule has 0 radical (unpaired) electrons. The SMILES string of the molecule is CC(=O)Nc1ccc(/C(C)=N/Nc2nc(NCc3ccccc3)nc(N3CCOCC3)n2)cc1.Cl. The van der Waals surface area contributed by atoms with Crippen molar-refractivity contribution in [2.75, 3.05) is 47.3 Å². The number of amides is 1. The van der Waals surface area contributed by atoms with Crippen LogP contribution >= 0.6 is 12.4 Å². The van der Waals surface area contributed by atoms with E-state index in [4.69, 9.17) is 4.74 Å². The van der Waals surface area contributed by atoms with Crippen LogP contribution in [-0.2, 0) is 16.1 Å². The Hall–Kier alpha value is -3.76. The van der Waals surface area contributed by atoms with Crippen molar-refractivity contribution in [2.45, 2.75) is 20.4 Å². The molecular weight excluding hydrogens is 468 g/mol. The van der Waals surface area contributed by atoms with Gasteiger partial charge in [-0.1, -0.05) is 42.5 Å². The summed E-state index contributed by atoms with van der Waals surface area (Å²) in [5.41, 5.74) is 6.49. The van der Waals surface area contributed by atoms with Crippen LogP contribution in [0.4, 0.5) is 23.5 Å². The first-order chi connectivity index (χ1) is 16.6. The summed E-state index contributed by atoms with van der Waals surface area (Å²) in [6.45, 7) is 6.65. The van der Waals surface area contributed by atoms with Gasteiger partial charge in [0, 0.05) is 32.2 Å². The molecule has 10 nitrogen and oxygen atoms in total. The molecule has 1 aliphatic heterocycles. The Morgan fingerprint density at radius 2 is 1.66 bits per heavy atom. The summed E-state index contributed by atoms with van der Waals surface area (Å²) in [6.07, 6.45) is 0. The van der Waals surface area contributed by atoms with Crippen LogP contribution in [-0.4, -0.2) is 52.9 Å². The number of anilines is 4. The van der Waals surface area contributed by atoms with E-state index in [-0.39, 0.29) is 18.3 Å². The molecule has 0 unspecified atom stereocenters. The number of nitrogens with one attached hydrogen (secondary N) is 3. The van der Waals surface area contributed by atoms with Gasteiger partial charge in [0.2, 0.25) is 23.8 Å². The highest BCUT2D eigenvalue weighted by Crippen LogP contribution is 2.16. The minimum atomic E-state index is -0.109. The zero-order valence-corrected chi connectivity index (χ0v) is 20.5. The van der Waals surface area contributed by atoms with E-state index in [9.17, 15) is 4.79 Å². The monoisotopic (exact) mass is 496 g/mol. The average molecular weight is 497 g/mol. The molecule has 0 bridgehead atoms. The quantitative estimate of drug-likeness (QED) is 0.320. The van der Waals surface area contributed by atoms with Gasteiger partial charge in [0.15, 0.2) is 0 Å². The highest BCUT2D eigenvalue weighted by molar-refractivity contribution is 5.99. The number of halogens is 1. The zero-order chi connectivity index (χ0) is 23.8. The molecule has 184 valence electrons. The third-order valence-electron chi connectivity index (χ3n) is 5.16. The van der Waals surface area contributed by atoms with E-state index in [1.54, 1.807) is 0 Å². The lowest BCUT2D eigenvalue weighted by Gasteiger charge is -2.27. The maximum absolute atomic E-state index is 11.2. The van der Waals surface area contributed by atoms with Crippen LogP contribution in [0.25, 0.3) is 0 Å². The Balaban J connectivity index is 0.00000342. The van der Waals surface area contributed by atoms with E-state index in [2.05, 4.69) is 41.0 Å². The molecule has 0 spiro atoms. The van der Waals surface area contributed by atoms with Gasteiger partial charge in [0.25, 0.3) is 0 Å². The van der Waals surface area contributed by atoms with Crippen LogP contribution in [0.1, 0.15) is 25.0 Å². The molecule has 3 aromatic rings. The normalized spacial score (nSPS) is 13.5. The number of carbonyl (C=O) groups excluding carboxylic acids is 1. The van der Waals surface area contributed by atoms with Gasteiger partial charge in [0.1, 0.15) is 0 Å². The van der Waals surface area contributed by atoms with Gasteiger partial charge in [-0.15, -0.1) is 12.4 Å². The van der Waals surface area contributed by atoms with E-state index in [0.717, 1.165) is 22.5 Å². The number of hydrogen-bond donors (Lipinski definition) is 3. The summed E-state index contributed by atoms with van der Waals surface area (Å²) in [7, 11) is 0. The van der Waals surface area contributed by atoms with Crippen LogP contribution < -0.4 is 21.0 Å². The van der Waals surface area contributed by atoms with E-state index < -0.39 is 0 Å². The number of benzene rings is 2. The molecule has 2 aromatic carbocycles. The molecule has 1 fully saturated rings. The first-order valence-corrected chi connectivity index (χ1v) is 11.1. The average Bonchev–Trinajstić information content (AvgIpc) is 2.87. The molecule has 3 N–H and O–H groups in total. The number of hydrogen-bond acceptors (Lipinski definition) is 9. The highest BCUT2D eigenvalue weighted by Gasteiger charge is 2.16. The fourth-order valence-electron chi connectivity index (χ4n) is 3.37. The number of hydrazone groups is 1. The fraction of sp³-hybridized carbons (Fsp3) is 0.292. The van der Waals surface area contributed by atoms with Crippen LogP contribution in [0.2, 0.25) is 0 Å². The maximum atomic E-state index is 11.2. The third-order valence-corrected chi connectivity index (χ3v) is 5.16. The van der Waals surface area contributed by atoms with Gasteiger partial charge < -0.3 is 20.3 Å². The Bertz CT molecular complexity index is 1140. The fourth-order valence-corrected chi connectivity index (χ4v) is 3.37. The molecule has 1 amide bonds. The van der Waals surface area contributed by atoms with Crippen molar-refractivity contribution < 1.29 is 9.53 Å². The summed E-state index contributed by atoms with van der Waals surface area (Å²) in [5.74, 6) is 1.28. The van der Waals surface area contributed by atoms with E-state index >= 15 is 0 Å². The standard InChI is InChI=1S/C24H28N8O2.ClH/c1-17(20-8-10-21(11-9-20)26-18(2)33)30-31-23-27-22(25-16-19-6-4-3-5-7-19)28-24(29-23)32-12-14-34-15-13-32;/h3-11H,12-16H2,1-2H3,(H,26,33)(H2,25,27,28,29,31);1H/b30-17+;. The van der Waals surface area contributed by atoms with Crippen molar-refractivity contribution in [1.29, 1.82) is 0 Å². The summed E-state index contributed by atoms with van der Waals surface area (Å²) in [4.78, 5) is 26.9. The van der Waals surface area contributed by atoms with Gasteiger partial charge in [-0.05, 0) is 30.2 Å². The maximum Gasteiger partial charge on any atom is 0.250 e. The Labute approximate surface area is 210 Å². The predicted molar refractivity (Wildman–Crippen MR) is 140 cm³/mol. The molecule has 2 heterocycles. The van der Waals surface area contributed by atoms with Crippen molar-refractivity contribution >= 4 is 47.6 Å². The predicted octanol–water partition coefficient (Wildman–Crippen LogP) is 3.54. The van der Waals surface area contributed by atoms with E-state index in [1.807, 2.05) is 61.5 Å². The Morgan fingerprint density at radius 3 is 2.34 bits per heavy atom. The Kier molecular flexibility index (Phi) is 9.33. The second-order valence-electron chi connectivity index (χ2n) is 7.79. The van der Waals surface area contributed by atoms with Gasteiger partial charge in [-0.3, -0.25) is 4.79 Å². The largest absolute Gasteiger partial charge is 0.378 e. The number of carbonyl (C=O) groups is 1.